The number of carbonyl (C=O) groups is 2. The van der Waals surface area contributed by atoms with Gasteiger partial charge >= 0.3 is 0 Å². The highest BCUT2D eigenvalue weighted by Gasteiger charge is 2.28. The molecule has 0 saturated carbocycles. The second kappa shape index (κ2) is 11.4. The molecule has 7 nitrogen and oxygen atoms in total. The maximum absolute atomic E-state index is 12.6. The third kappa shape index (κ3) is 6.39. The topological polar surface area (TPSA) is 77.1 Å². The number of benzene rings is 2. The Morgan fingerprint density at radius 2 is 1.47 bits per heavy atom. The van der Waals surface area contributed by atoms with E-state index < -0.39 is 0 Å². The van der Waals surface area contributed by atoms with Gasteiger partial charge in [-0.2, -0.15) is 0 Å². The summed E-state index contributed by atoms with van der Waals surface area (Å²) in [5, 5.41) is 2.82. The summed E-state index contributed by atoms with van der Waals surface area (Å²) < 4.78 is 16.4. The number of rotatable bonds is 9. The third-order valence-corrected chi connectivity index (χ3v) is 5.68. The predicted molar refractivity (Wildman–Crippen MR) is 122 cm³/mol. The Morgan fingerprint density at radius 1 is 0.906 bits per heavy atom. The number of hydrogen-bond acceptors (Lipinski definition) is 5. The monoisotopic (exact) mass is 440 g/mol. The summed E-state index contributed by atoms with van der Waals surface area (Å²) in [7, 11) is 1.61. The molecule has 1 saturated heterocycles. The van der Waals surface area contributed by atoms with Gasteiger partial charge in [-0.15, -0.1) is 0 Å². The number of nitrogens with zero attached hydrogens (tertiary/aromatic N) is 1. The zero-order valence-electron chi connectivity index (χ0n) is 19.0. The Hall–Kier alpha value is -3.22. The minimum atomic E-state index is -0.193. The van der Waals surface area contributed by atoms with Crippen LogP contribution >= 0.6 is 0 Å². The third-order valence-electron chi connectivity index (χ3n) is 5.68. The van der Waals surface area contributed by atoms with Crippen molar-refractivity contribution in [1.29, 1.82) is 0 Å². The molecule has 0 aliphatic carbocycles. The highest BCUT2D eigenvalue weighted by molar-refractivity contribution is 5.94. The molecule has 7 heteroatoms. The molecular formula is C25H32N2O5. The number of nitrogens with one attached hydrogen (secondary N) is 1. The lowest BCUT2D eigenvalue weighted by atomic mass is 9.97. The van der Waals surface area contributed by atoms with Gasteiger partial charge in [-0.3, -0.25) is 9.59 Å². The Balaban J connectivity index is 1.40. The van der Waals surface area contributed by atoms with Crippen molar-refractivity contribution in [1.82, 2.24) is 10.2 Å². The van der Waals surface area contributed by atoms with Crippen LogP contribution in [0.2, 0.25) is 0 Å². The SMILES string of the molecule is COc1ccc(OCCNC(=O)c2ccc(OCC(=O)N3C(C)CCCC3C)cc2)cc1. The van der Waals surface area contributed by atoms with Gasteiger partial charge in [0.1, 0.15) is 23.9 Å². The molecule has 32 heavy (non-hydrogen) atoms. The van der Waals surface area contributed by atoms with Crippen molar-refractivity contribution in [2.45, 2.75) is 45.2 Å². The van der Waals surface area contributed by atoms with Crippen molar-refractivity contribution in [3.8, 4) is 17.2 Å². The lowest BCUT2D eigenvalue weighted by Crippen LogP contribution is -2.49. The van der Waals surface area contributed by atoms with Crippen LogP contribution in [0.4, 0.5) is 0 Å². The van der Waals surface area contributed by atoms with E-state index in [1.165, 1.54) is 0 Å². The second-order valence-corrected chi connectivity index (χ2v) is 8.02. The lowest BCUT2D eigenvalue weighted by molar-refractivity contribution is -0.139. The average Bonchev–Trinajstić information content (AvgIpc) is 2.81. The molecule has 0 radical (unpaired) electrons. The van der Waals surface area contributed by atoms with Gasteiger partial charge in [-0.25, -0.2) is 0 Å². The second-order valence-electron chi connectivity index (χ2n) is 8.02. The van der Waals surface area contributed by atoms with E-state index in [1.807, 2.05) is 29.2 Å². The summed E-state index contributed by atoms with van der Waals surface area (Å²) in [5.74, 6) is 1.85. The summed E-state index contributed by atoms with van der Waals surface area (Å²) in [6.45, 7) is 4.91. The fraction of sp³-hybridized carbons (Fsp3) is 0.440. The minimum absolute atomic E-state index is 0.00290. The summed E-state index contributed by atoms with van der Waals surface area (Å²) in [6.07, 6.45) is 3.22. The molecule has 0 aromatic heterocycles. The fourth-order valence-corrected chi connectivity index (χ4v) is 3.94. The molecule has 1 aliphatic heterocycles. The van der Waals surface area contributed by atoms with Crippen LogP contribution in [0.3, 0.4) is 0 Å². The van der Waals surface area contributed by atoms with E-state index in [-0.39, 0.29) is 30.5 Å². The van der Waals surface area contributed by atoms with Crippen molar-refractivity contribution in [3.63, 3.8) is 0 Å². The van der Waals surface area contributed by atoms with E-state index in [0.29, 0.717) is 30.2 Å². The van der Waals surface area contributed by atoms with Gasteiger partial charge in [0.15, 0.2) is 6.61 Å². The van der Waals surface area contributed by atoms with Crippen LogP contribution in [0.25, 0.3) is 0 Å². The number of carbonyl (C=O) groups excluding carboxylic acids is 2. The molecule has 0 spiro atoms. The minimum Gasteiger partial charge on any atom is -0.497 e. The Bertz CT molecular complexity index is 872. The van der Waals surface area contributed by atoms with Gasteiger partial charge in [0.25, 0.3) is 11.8 Å². The first kappa shape index (κ1) is 23.4. The molecule has 2 aromatic carbocycles. The van der Waals surface area contributed by atoms with E-state index >= 15 is 0 Å². The maximum Gasteiger partial charge on any atom is 0.260 e. The molecule has 2 aromatic rings. The molecule has 2 atom stereocenters. The van der Waals surface area contributed by atoms with E-state index in [2.05, 4.69) is 19.2 Å². The van der Waals surface area contributed by atoms with Gasteiger partial charge in [-0.05, 0) is 81.6 Å². The normalized spacial score (nSPS) is 18.0. The van der Waals surface area contributed by atoms with Gasteiger partial charge in [0.2, 0.25) is 0 Å². The maximum atomic E-state index is 12.6. The van der Waals surface area contributed by atoms with E-state index in [9.17, 15) is 9.59 Å². The smallest absolute Gasteiger partial charge is 0.260 e. The highest BCUT2D eigenvalue weighted by atomic mass is 16.5. The molecule has 0 bridgehead atoms. The van der Waals surface area contributed by atoms with Gasteiger partial charge in [0, 0.05) is 17.6 Å². The number of likely N-dealkylation sites (tertiary alicyclic amines) is 1. The molecule has 2 unspecified atom stereocenters. The molecule has 1 fully saturated rings. The van der Waals surface area contributed by atoms with Crippen LogP contribution in [0.15, 0.2) is 48.5 Å². The summed E-state index contributed by atoms with van der Waals surface area (Å²) in [5.41, 5.74) is 0.520. The molecule has 1 aliphatic rings. The molecule has 1 N–H and O–H groups in total. The van der Waals surface area contributed by atoms with Gasteiger partial charge < -0.3 is 24.4 Å². The van der Waals surface area contributed by atoms with Crippen LogP contribution in [0.5, 0.6) is 17.2 Å². The highest BCUT2D eigenvalue weighted by Crippen LogP contribution is 2.23. The first-order valence-corrected chi connectivity index (χ1v) is 11.1. The standard InChI is InChI=1S/C25H32N2O5/c1-18-5-4-6-19(2)27(18)24(28)17-32-23-9-7-20(8-10-23)25(29)26-15-16-31-22-13-11-21(30-3)12-14-22/h7-14,18-19H,4-6,15-17H2,1-3H3,(H,26,29). The molecule has 1 heterocycles. The number of amides is 2. The largest absolute Gasteiger partial charge is 0.497 e. The number of ether oxygens (including phenoxy) is 3. The fourth-order valence-electron chi connectivity index (χ4n) is 3.94. The summed E-state index contributed by atoms with van der Waals surface area (Å²) >= 11 is 0. The van der Waals surface area contributed by atoms with Crippen LogP contribution in [-0.4, -0.2) is 55.7 Å². The van der Waals surface area contributed by atoms with E-state index in [4.69, 9.17) is 14.2 Å². The predicted octanol–water partition coefficient (Wildman–Crippen LogP) is 3.67. The molecule has 3 rings (SSSR count). The Morgan fingerprint density at radius 3 is 2.09 bits per heavy atom. The van der Waals surface area contributed by atoms with E-state index in [1.54, 1.807) is 31.4 Å². The zero-order valence-corrected chi connectivity index (χ0v) is 19.0. The molecule has 172 valence electrons. The van der Waals surface area contributed by atoms with Crippen LogP contribution in [0, 0.1) is 0 Å². The van der Waals surface area contributed by atoms with Crippen molar-refractivity contribution >= 4 is 11.8 Å². The van der Waals surface area contributed by atoms with Gasteiger partial charge in [0.05, 0.1) is 13.7 Å². The summed E-state index contributed by atoms with van der Waals surface area (Å²) in [4.78, 5) is 26.8. The van der Waals surface area contributed by atoms with E-state index in [0.717, 1.165) is 25.0 Å². The molecular weight excluding hydrogens is 408 g/mol. The summed E-state index contributed by atoms with van der Waals surface area (Å²) in [6, 6.07) is 14.5. The Labute approximate surface area is 189 Å². The lowest BCUT2D eigenvalue weighted by Gasteiger charge is -2.38. The van der Waals surface area contributed by atoms with Crippen LogP contribution in [0.1, 0.15) is 43.5 Å². The van der Waals surface area contributed by atoms with Crippen LogP contribution in [-0.2, 0) is 4.79 Å². The number of methoxy groups -OCH3 is 1. The first-order valence-electron chi connectivity index (χ1n) is 11.1. The van der Waals surface area contributed by atoms with Crippen LogP contribution < -0.4 is 19.5 Å². The van der Waals surface area contributed by atoms with Crippen molar-refractivity contribution in [2.75, 3.05) is 26.9 Å². The average molecular weight is 441 g/mol. The van der Waals surface area contributed by atoms with Crippen molar-refractivity contribution < 1.29 is 23.8 Å². The van der Waals surface area contributed by atoms with Gasteiger partial charge in [-0.1, -0.05) is 0 Å². The van der Waals surface area contributed by atoms with Crippen molar-refractivity contribution in [2.24, 2.45) is 0 Å². The number of hydrogen-bond donors (Lipinski definition) is 1. The Kier molecular flexibility index (Phi) is 8.36. The quantitative estimate of drug-likeness (QED) is 0.602. The molecule has 2 amide bonds. The number of piperidine rings is 1. The first-order chi connectivity index (χ1) is 15.5. The zero-order chi connectivity index (χ0) is 22.9. The van der Waals surface area contributed by atoms with Crippen molar-refractivity contribution in [3.05, 3.63) is 54.1 Å².